The second-order valence-electron chi connectivity index (χ2n) is 13.1. The summed E-state index contributed by atoms with van der Waals surface area (Å²) in [4.78, 5) is 12.9. The molecule has 10 heteroatoms. The summed E-state index contributed by atoms with van der Waals surface area (Å²) in [5, 5.41) is 64.1. The molecule has 280 valence electrons. The Morgan fingerprint density at radius 2 is 1.25 bits per heavy atom. The van der Waals surface area contributed by atoms with Crippen LogP contribution in [0.3, 0.4) is 0 Å². The first-order valence-corrected chi connectivity index (χ1v) is 18.8. The highest BCUT2D eigenvalue weighted by Gasteiger charge is 2.44. The van der Waals surface area contributed by atoms with Crippen molar-refractivity contribution >= 4 is 5.91 Å². The summed E-state index contributed by atoms with van der Waals surface area (Å²) >= 11 is 0. The van der Waals surface area contributed by atoms with Gasteiger partial charge in [-0.2, -0.15) is 0 Å². The molecule has 0 aromatic heterocycles. The number of allylic oxidation sites excluding steroid dienone is 5. The molecule has 1 saturated heterocycles. The Hall–Kier alpha value is -1.63. The van der Waals surface area contributed by atoms with Gasteiger partial charge in [-0.15, -0.1) is 0 Å². The molecule has 0 saturated carbocycles. The van der Waals surface area contributed by atoms with Crippen LogP contribution in [0, 0.1) is 0 Å². The molecule has 1 heterocycles. The van der Waals surface area contributed by atoms with E-state index < -0.39 is 61.5 Å². The van der Waals surface area contributed by atoms with E-state index in [1.807, 2.05) is 6.08 Å². The highest BCUT2D eigenvalue weighted by molar-refractivity contribution is 5.80. The zero-order valence-corrected chi connectivity index (χ0v) is 29.8. The van der Waals surface area contributed by atoms with Crippen molar-refractivity contribution in [3.05, 3.63) is 36.5 Å². The molecule has 0 aromatic rings. The molecule has 7 N–H and O–H groups in total. The van der Waals surface area contributed by atoms with E-state index in [2.05, 4.69) is 43.5 Å². The molecule has 8 unspecified atom stereocenters. The van der Waals surface area contributed by atoms with Crippen molar-refractivity contribution in [3.63, 3.8) is 0 Å². The molecule has 0 radical (unpaired) electrons. The molecule has 0 aliphatic carbocycles. The van der Waals surface area contributed by atoms with Gasteiger partial charge in [0, 0.05) is 0 Å². The van der Waals surface area contributed by atoms with Gasteiger partial charge in [-0.25, -0.2) is 0 Å². The van der Waals surface area contributed by atoms with Gasteiger partial charge < -0.3 is 45.4 Å². The third kappa shape index (κ3) is 20.1. The first-order valence-electron chi connectivity index (χ1n) is 18.8. The lowest BCUT2D eigenvalue weighted by Gasteiger charge is -2.40. The predicted molar refractivity (Wildman–Crippen MR) is 190 cm³/mol. The van der Waals surface area contributed by atoms with E-state index in [1.54, 1.807) is 6.08 Å². The predicted octanol–water partition coefficient (Wildman–Crippen LogP) is 5.13. The first kappa shape index (κ1) is 44.4. The second kappa shape index (κ2) is 29.1. The number of rotatable bonds is 29. The van der Waals surface area contributed by atoms with Gasteiger partial charge in [0.2, 0.25) is 5.91 Å². The quantitative estimate of drug-likeness (QED) is 0.0418. The Balaban J connectivity index is 2.59. The number of unbranched alkanes of at least 4 members (excludes halogenated alkanes) is 14. The summed E-state index contributed by atoms with van der Waals surface area (Å²) in [5.74, 6) is -0.642. The van der Waals surface area contributed by atoms with Crippen molar-refractivity contribution in [2.45, 2.75) is 185 Å². The standard InChI is InChI=1S/C38H69NO9/c1-3-5-7-9-11-13-15-16-17-19-20-22-24-26-31(41)30(29-47-38-36(45)35(44)34(43)33(28-40)48-38)39-37(46)32(42)27-25-23-21-18-14-12-10-8-6-4-2/h10,12,17,19,24,26,30-36,38,40-45H,3-9,11,13-16,18,20-23,25,27-29H2,1-2H3,(H,39,46)/b12-10-,19-17+,26-24+. The molecule has 8 atom stereocenters. The molecule has 1 aliphatic rings. The van der Waals surface area contributed by atoms with Gasteiger partial charge in [0.15, 0.2) is 6.29 Å². The average molecular weight is 684 g/mol. The van der Waals surface area contributed by atoms with E-state index in [9.17, 15) is 35.4 Å². The lowest BCUT2D eigenvalue weighted by atomic mass is 9.99. The fourth-order valence-electron chi connectivity index (χ4n) is 5.57. The third-order valence-electron chi connectivity index (χ3n) is 8.79. The fraction of sp³-hybridized carbons (Fsp3) is 0.816. The SMILES string of the molecule is CCCC/C=C\CCCCCCC(O)C(=O)NC(COC1OC(CO)C(O)C(O)C1O)C(O)/C=C/CC/C=C/CCCCCCCCC. The lowest BCUT2D eigenvalue weighted by Crippen LogP contribution is -2.60. The van der Waals surface area contributed by atoms with Gasteiger partial charge in [-0.1, -0.05) is 121 Å². The van der Waals surface area contributed by atoms with E-state index in [-0.39, 0.29) is 13.0 Å². The van der Waals surface area contributed by atoms with Crippen molar-refractivity contribution in [3.8, 4) is 0 Å². The van der Waals surface area contributed by atoms with Gasteiger partial charge in [0.25, 0.3) is 0 Å². The number of aliphatic hydroxyl groups is 6. The second-order valence-corrected chi connectivity index (χ2v) is 13.1. The Morgan fingerprint density at radius 1 is 0.708 bits per heavy atom. The van der Waals surface area contributed by atoms with E-state index in [0.717, 1.165) is 44.9 Å². The minimum atomic E-state index is -1.61. The molecule has 0 aromatic carbocycles. The number of hydrogen-bond acceptors (Lipinski definition) is 9. The van der Waals surface area contributed by atoms with Crippen molar-refractivity contribution in [1.82, 2.24) is 5.32 Å². The zero-order chi connectivity index (χ0) is 35.4. The molecule has 10 nitrogen and oxygen atoms in total. The molecule has 0 bridgehead atoms. The summed E-state index contributed by atoms with van der Waals surface area (Å²) in [6.45, 7) is 3.48. The molecule has 1 fully saturated rings. The van der Waals surface area contributed by atoms with Gasteiger partial charge in [-0.05, 0) is 51.4 Å². The van der Waals surface area contributed by atoms with E-state index >= 15 is 0 Å². The number of amides is 1. The Labute approximate surface area is 290 Å². The summed E-state index contributed by atoms with van der Waals surface area (Å²) in [7, 11) is 0. The van der Waals surface area contributed by atoms with E-state index in [1.165, 1.54) is 57.8 Å². The van der Waals surface area contributed by atoms with Crippen molar-refractivity contribution in [2.24, 2.45) is 0 Å². The van der Waals surface area contributed by atoms with Crippen molar-refractivity contribution in [1.29, 1.82) is 0 Å². The minimum Gasteiger partial charge on any atom is -0.394 e. The Morgan fingerprint density at radius 3 is 1.88 bits per heavy atom. The highest BCUT2D eigenvalue weighted by Crippen LogP contribution is 2.22. The molecular formula is C38H69NO9. The smallest absolute Gasteiger partial charge is 0.249 e. The first-order chi connectivity index (χ1) is 23.3. The van der Waals surface area contributed by atoms with Gasteiger partial charge in [-0.3, -0.25) is 4.79 Å². The largest absolute Gasteiger partial charge is 0.394 e. The maximum absolute atomic E-state index is 12.9. The van der Waals surface area contributed by atoms with Crippen LogP contribution >= 0.6 is 0 Å². The fourth-order valence-corrected chi connectivity index (χ4v) is 5.57. The molecule has 1 aliphatic heterocycles. The molecule has 1 amide bonds. The maximum Gasteiger partial charge on any atom is 0.249 e. The Bertz CT molecular complexity index is 865. The summed E-state index contributed by atoms with van der Waals surface area (Å²) in [6.07, 6.45) is 22.4. The number of aliphatic hydroxyl groups excluding tert-OH is 6. The van der Waals surface area contributed by atoms with Crippen LogP contribution in [0.5, 0.6) is 0 Å². The summed E-state index contributed by atoms with van der Waals surface area (Å²) < 4.78 is 11.0. The van der Waals surface area contributed by atoms with E-state index in [0.29, 0.717) is 12.8 Å². The molecule has 1 rings (SSSR count). The van der Waals surface area contributed by atoms with Crippen LogP contribution in [0.4, 0.5) is 0 Å². The summed E-state index contributed by atoms with van der Waals surface area (Å²) in [6, 6.07) is -0.997. The van der Waals surface area contributed by atoms with Crippen LogP contribution in [0.2, 0.25) is 0 Å². The molecule has 48 heavy (non-hydrogen) atoms. The minimum absolute atomic E-state index is 0.287. The van der Waals surface area contributed by atoms with Gasteiger partial charge in [0.1, 0.15) is 30.5 Å². The number of ether oxygens (including phenoxy) is 2. The van der Waals surface area contributed by atoms with Crippen LogP contribution in [0.15, 0.2) is 36.5 Å². The molecule has 0 spiro atoms. The number of hydrogen-bond donors (Lipinski definition) is 7. The Kier molecular flexibility index (Phi) is 26.9. The van der Waals surface area contributed by atoms with Crippen molar-refractivity contribution in [2.75, 3.05) is 13.2 Å². The van der Waals surface area contributed by atoms with E-state index in [4.69, 9.17) is 9.47 Å². The maximum atomic E-state index is 12.9. The average Bonchev–Trinajstić information content (AvgIpc) is 3.08. The topological polar surface area (TPSA) is 169 Å². The number of nitrogens with one attached hydrogen (secondary N) is 1. The molecular weight excluding hydrogens is 614 g/mol. The van der Waals surface area contributed by atoms with Crippen LogP contribution in [0.25, 0.3) is 0 Å². The monoisotopic (exact) mass is 683 g/mol. The normalized spacial score (nSPS) is 23.7. The summed E-state index contributed by atoms with van der Waals surface area (Å²) in [5.41, 5.74) is 0. The van der Waals surface area contributed by atoms with Crippen LogP contribution < -0.4 is 5.32 Å². The van der Waals surface area contributed by atoms with Gasteiger partial charge >= 0.3 is 0 Å². The van der Waals surface area contributed by atoms with Crippen molar-refractivity contribution < 1.29 is 44.9 Å². The van der Waals surface area contributed by atoms with Crippen LogP contribution in [-0.4, -0.2) is 98.7 Å². The lowest BCUT2D eigenvalue weighted by molar-refractivity contribution is -0.302. The van der Waals surface area contributed by atoms with Gasteiger partial charge in [0.05, 0.1) is 25.4 Å². The highest BCUT2D eigenvalue weighted by atomic mass is 16.7. The number of carbonyl (C=O) groups excluding carboxylic acids is 1. The van der Waals surface area contributed by atoms with Crippen LogP contribution in [0.1, 0.15) is 136 Å². The third-order valence-corrected chi connectivity index (χ3v) is 8.79. The zero-order valence-electron chi connectivity index (χ0n) is 29.8. The van der Waals surface area contributed by atoms with Crippen LogP contribution in [-0.2, 0) is 14.3 Å². The number of carbonyl (C=O) groups is 1.